The van der Waals surface area contributed by atoms with Crippen LogP contribution in [0, 0.1) is 0 Å². The van der Waals surface area contributed by atoms with Crippen LogP contribution in [0.25, 0.3) is 10.2 Å². The molecular formula is C18H18N4O2S2. The van der Waals surface area contributed by atoms with Gasteiger partial charge in [0.05, 0.1) is 16.0 Å². The average molecular weight is 387 g/mol. The molecule has 2 aromatic heterocycles. The van der Waals surface area contributed by atoms with Crippen LogP contribution in [-0.2, 0) is 4.79 Å². The summed E-state index contributed by atoms with van der Waals surface area (Å²) in [6, 6.07) is 11.7. The molecule has 1 aliphatic rings. The van der Waals surface area contributed by atoms with Gasteiger partial charge in [0.25, 0.3) is 0 Å². The second-order valence-electron chi connectivity index (χ2n) is 6.00. The number of aromatic nitrogens is 3. The number of fused-ring (bicyclic) bond motifs is 1. The summed E-state index contributed by atoms with van der Waals surface area (Å²) in [5, 5.41) is 7.76. The summed E-state index contributed by atoms with van der Waals surface area (Å²) >= 11 is 3.15. The van der Waals surface area contributed by atoms with Crippen LogP contribution in [0.15, 0.2) is 46.9 Å². The second kappa shape index (κ2) is 8.01. The summed E-state index contributed by atoms with van der Waals surface area (Å²) in [6.45, 7) is 1.42. The largest absolute Gasteiger partial charge is 0.473 e. The first-order valence-corrected chi connectivity index (χ1v) is 10.3. The molecule has 0 saturated carbocycles. The van der Waals surface area contributed by atoms with Gasteiger partial charge in [-0.1, -0.05) is 23.9 Å². The number of carbonyl (C=O) groups is 1. The van der Waals surface area contributed by atoms with Crippen LogP contribution in [0.3, 0.4) is 0 Å². The number of para-hydroxylation sites is 1. The number of benzene rings is 1. The molecule has 134 valence electrons. The highest BCUT2D eigenvalue weighted by atomic mass is 32.2. The van der Waals surface area contributed by atoms with Crippen molar-refractivity contribution >= 4 is 39.2 Å². The molecule has 1 amide bonds. The Balaban J connectivity index is 1.25. The number of ether oxygens (including phenoxy) is 1. The standard InChI is InChI=1S/C18H18N4O2S2/c23-17(12-25-18-20-14-4-1-2-5-15(14)26-18)22-10-7-13(8-11-22)24-16-6-3-9-19-21-16/h1-6,9,13H,7-8,10-12H2. The third kappa shape index (κ3) is 4.13. The molecule has 6 nitrogen and oxygen atoms in total. The number of likely N-dealkylation sites (tertiary alicyclic amines) is 1. The van der Waals surface area contributed by atoms with Crippen molar-refractivity contribution in [1.29, 1.82) is 0 Å². The minimum absolute atomic E-state index is 0.0904. The van der Waals surface area contributed by atoms with E-state index in [4.69, 9.17) is 4.74 Å². The number of thioether (sulfide) groups is 1. The molecular weight excluding hydrogens is 368 g/mol. The number of rotatable bonds is 5. The fourth-order valence-corrected chi connectivity index (χ4v) is 4.84. The van der Waals surface area contributed by atoms with Gasteiger partial charge in [-0.2, -0.15) is 5.10 Å². The van der Waals surface area contributed by atoms with E-state index in [1.54, 1.807) is 29.7 Å². The van der Waals surface area contributed by atoms with Gasteiger partial charge in [0.1, 0.15) is 6.10 Å². The van der Waals surface area contributed by atoms with Crippen LogP contribution < -0.4 is 4.74 Å². The maximum atomic E-state index is 12.5. The number of amides is 1. The smallest absolute Gasteiger partial charge is 0.233 e. The number of piperidine rings is 1. The molecule has 0 aliphatic carbocycles. The van der Waals surface area contributed by atoms with Gasteiger partial charge in [-0.3, -0.25) is 4.79 Å². The summed E-state index contributed by atoms with van der Waals surface area (Å²) in [4.78, 5) is 19.0. The molecule has 3 heterocycles. The lowest BCUT2D eigenvalue weighted by atomic mass is 10.1. The highest BCUT2D eigenvalue weighted by molar-refractivity contribution is 8.01. The van der Waals surface area contributed by atoms with Crippen LogP contribution in [0.5, 0.6) is 5.88 Å². The lowest BCUT2D eigenvalue weighted by molar-refractivity contribution is -0.130. The first-order valence-electron chi connectivity index (χ1n) is 8.48. The van der Waals surface area contributed by atoms with Gasteiger partial charge >= 0.3 is 0 Å². The lowest BCUT2D eigenvalue weighted by Crippen LogP contribution is -2.42. The highest BCUT2D eigenvalue weighted by Crippen LogP contribution is 2.29. The summed E-state index contributed by atoms with van der Waals surface area (Å²) in [5.74, 6) is 1.13. The summed E-state index contributed by atoms with van der Waals surface area (Å²) in [6.07, 6.45) is 3.34. The van der Waals surface area contributed by atoms with Crippen molar-refractivity contribution in [2.45, 2.75) is 23.3 Å². The van der Waals surface area contributed by atoms with E-state index in [1.807, 2.05) is 23.1 Å². The molecule has 0 radical (unpaired) electrons. The molecule has 0 N–H and O–H groups in total. The first-order chi connectivity index (χ1) is 12.8. The molecule has 1 saturated heterocycles. The first kappa shape index (κ1) is 17.2. The third-order valence-electron chi connectivity index (χ3n) is 4.22. The fraction of sp³-hybridized carbons (Fsp3) is 0.333. The third-order valence-corrected chi connectivity index (χ3v) is 6.39. The van der Waals surface area contributed by atoms with Crippen molar-refractivity contribution in [3.8, 4) is 5.88 Å². The second-order valence-corrected chi connectivity index (χ2v) is 8.25. The molecule has 26 heavy (non-hydrogen) atoms. The number of carbonyl (C=O) groups excluding carboxylic acids is 1. The Morgan fingerprint density at radius 2 is 2.08 bits per heavy atom. The molecule has 3 aromatic rings. The SMILES string of the molecule is O=C(CSc1nc2ccccc2s1)N1CCC(Oc2cccnn2)CC1. The van der Waals surface area contributed by atoms with Gasteiger partial charge in [-0.25, -0.2) is 4.98 Å². The van der Waals surface area contributed by atoms with Gasteiger partial charge < -0.3 is 9.64 Å². The van der Waals surface area contributed by atoms with Gasteiger partial charge in [-0.15, -0.1) is 16.4 Å². The maximum absolute atomic E-state index is 12.5. The zero-order valence-electron chi connectivity index (χ0n) is 14.1. The number of hydrogen-bond donors (Lipinski definition) is 0. The Morgan fingerprint density at radius 3 is 2.85 bits per heavy atom. The average Bonchev–Trinajstić information content (AvgIpc) is 3.10. The zero-order valence-corrected chi connectivity index (χ0v) is 15.7. The van der Waals surface area contributed by atoms with E-state index in [0.717, 1.165) is 27.4 Å². The van der Waals surface area contributed by atoms with Crippen molar-refractivity contribution in [3.05, 3.63) is 42.6 Å². The Labute approximate surface area is 159 Å². The number of hydrogen-bond acceptors (Lipinski definition) is 7. The van der Waals surface area contributed by atoms with Crippen LogP contribution in [-0.4, -0.2) is 50.9 Å². The lowest BCUT2D eigenvalue weighted by Gasteiger charge is -2.31. The van der Waals surface area contributed by atoms with E-state index >= 15 is 0 Å². The summed E-state index contributed by atoms with van der Waals surface area (Å²) < 4.78 is 7.92. The normalized spacial score (nSPS) is 15.3. The quantitative estimate of drug-likeness (QED) is 0.627. The fourth-order valence-electron chi connectivity index (χ4n) is 2.87. The Hall–Kier alpha value is -2.19. The molecule has 1 aromatic carbocycles. The minimum atomic E-state index is 0.0904. The summed E-state index contributed by atoms with van der Waals surface area (Å²) in [7, 11) is 0. The summed E-state index contributed by atoms with van der Waals surface area (Å²) in [5.41, 5.74) is 0.995. The predicted octanol–water partition coefficient (Wildman–Crippen LogP) is 3.25. The minimum Gasteiger partial charge on any atom is -0.473 e. The Kier molecular flexibility index (Phi) is 5.31. The van der Waals surface area contributed by atoms with Gasteiger partial charge in [0.2, 0.25) is 11.8 Å². The number of thiazole rings is 1. The zero-order chi connectivity index (χ0) is 17.8. The van der Waals surface area contributed by atoms with E-state index in [0.29, 0.717) is 24.7 Å². The molecule has 1 aliphatic heterocycles. The molecule has 4 rings (SSSR count). The monoisotopic (exact) mass is 386 g/mol. The van der Waals surface area contributed by atoms with Crippen LogP contribution in [0.1, 0.15) is 12.8 Å². The molecule has 0 bridgehead atoms. The van der Waals surface area contributed by atoms with Crippen molar-refractivity contribution < 1.29 is 9.53 Å². The van der Waals surface area contributed by atoms with Gasteiger partial charge in [-0.05, 0) is 18.2 Å². The van der Waals surface area contributed by atoms with Crippen LogP contribution in [0.2, 0.25) is 0 Å². The molecule has 0 unspecified atom stereocenters. The Morgan fingerprint density at radius 1 is 1.23 bits per heavy atom. The van der Waals surface area contributed by atoms with Crippen LogP contribution >= 0.6 is 23.1 Å². The van der Waals surface area contributed by atoms with E-state index in [1.165, 1.54) is 11.8 Å². The molecule has 0 atom stereocenters. The topological polar surface area (TPSA) is 68.2 Å². The van der Waals surface area contributed by atoms with Gasteiger partial charge in [0, 0.05) is 38.2 Å². The highest BCUT2D eigenvalue weighted by Gasteiger charge is 2.24. The maximum Gasteiger partial charge on any atom is 0.233 e. The van der Waals surface area contributed by atoms with Gasteiger partial charge in [0.15, 0.2) is 4.34 Å². The van der Waals surface area contributed by atoms with Crippen molar-refractivity contribution in [1.82, 2.24) is 20.1 Å². The van der Waals surface area contributed by atoms with Crippen molar-refractivity contribution in [2.24, 2.45) is 0 Å². The Bertz CT molecular complexity index is 846. The molecule has 1 fully saturated rings. The van der Waals surface area contributed by atoms with E-state index in [-0.39, 0.29) is 12.0 Å². The molecule has 8 heteroatoms. The molecule has 0 spiro atoms. The van der Waals surface area contributed by atoms with E-state index in [9.17, 15) is 4.79 Å². The van der Waals surface area contributed by atoms with E-state index in [2.05, 4.69) is 21.2 Å². The van der Waals surface area contributed by atoms with Crippen molar-refractivity contribution in [2.75, 3.05) is 18.8 Å². The number of nitrogens with zero attached hydrogens (tertiary/aromatic N) is 4. The van der Waals surface area contributed by atoms with E-state index < -0.39 is 0 Å². The predicted molar refractivity (Wildman–Crippen MR) is 103 cm³/mol. The van der Waals surface area contributed by atoms with Crippen LogP contribution in [0.4, 0.5) is 0 Å². The van der Waals surface area contributed by atoms with Crippen molar-refractivity contribution in [3.63, 3.8) is 0 Å².